The molecule has 1 aromatic carbocycles. The molecule has 0 unspecified atom stereocenters. The number of rotatable bonds is 5. The molecule has 4 heteroatoms. The Morgan fingerprint density at radius 2 is 2.00 bits per heavy atom. The lowest BCUT2D eigenvalue weighted by molar-refractivity contribution is -0.138. The van der Waals surface area contributed by atoms with Crippen LogP contribution in [0.4, 0.5) is 0 Å². The molecule has 0 heterocycles. The molecule has 0 aromatic heterocycles. The Hall–Kier alpha value is -2.59. The van der Waals surface area contributed by atoms with Crippen molar-refractivity contribution in [2.45, 2.75) is 19.8 Å². The summed E-state index contributed by atoms with van der Waals surface area (Å²) in [6, 6.07) is 10.4. The molecule has 19 heavy (non-hydrogen) atoms. The summed E-state index contributed by atoms with van der Waals surface area (Å²) in [5.74, 6) is -0.611. The van der Waals surface area contributed by atoms with Crippen molar-refractivity contribution in [3.8, 4) is 12.1 Å². The van der Waals surface area contributed by atoms with Crippen molar-refractivity contribution < 1.29 is 9.53 Å². The van der Waals surface area contributed by atoms with Crippen molar-refractivity contribution in [1.29, 1.82) is 10.5 Å². The van der Waals surface area contributed by atoms with Crippen LogP contribution >= 0.6 is 0 Å². The first-order valence-corrected chi connectivity index (χ1v) is 6.00. The minimum Gasteiger partial charge on any atom is -0.462 e. The first-order chi connectivity index (χ1) is 9.21. The molecule has 0 aliphatic carbocycles. The summed E-state index contributed by atoms with van der Waals surface area (Å²) in [6.07, 6.45) is 3.16. The third kappa shape index (κ3) is 4.65. The van der Waals surface area contributed by atoms with Crippen LogP contribution in [0.1, 0.15) is 30.9 Å². The highest BCUT2D eigenvalue weighted by atomic mass is 16.5. The number of carbonyl (C=O) groups excluding carboxylic acids is 1. The van der Waals surface area contributed by atoms with Crippen molar-refractivity contribution in [2.75, 3.05) is 6.61 Å². The van der Waals surface area contributed by atoms with Crippen LogP contribution in [0.25, 0.3) is 6.08 Å². The van der Waals surface area contributed by atoms with Gasteiger partial charge in [-0.1, -0.05) is 25.5 Å². The zero-order valence-electron chi connectivity index (χ0n) is 10.7. The molecule has 0 amide bonds. The number of carbonyl (C=O) groups is 1. The van der Waals surface area contributed by atoms with Gasteiger partial charge >= 0.3 is 5.97 Å². The van der Waals surface area contributed by atoms with Gasteiger partial charge in [0, 0.05) is 0 Å². The Balaban J connectivity index is 2.78. The van der Waals surface area contributed by atoms with E-state index in [9.17, 15) is 4.79 Å². The van der Waals surface area contributed by atoms with E-state index in [1.807, 2.05) is 19.1 Å². The molecule has 96 valence electrons. The number of hydrogen-bond acceptors (Lipinski definition) is 4. The predicted octanol–water partition coefficient (Wildman–Crippen LogP) is 2.81. The monoisotopic (exact) mass is 254 g/mol. The number of hydrogen-bond donors (Lipinski definition) is 0. The largest absolute Gasteiger partial charge is 0.462 e. The lowest BCUT2D eigenvalue weighted by Crippen LogP contribution is -2.07. The van der Waals surface area contributed by atoms with Gasteiger partial charge in [-0.15, -0.1) is 0 Å². The standard InChI is InChI=1S/C15H14N2O2/c1-2-3-8-19-15(18)14(11-17)9-12-4-6-13(10-16)7-5-12/h4-7,9H,2-3,8H2,1H3/b14-9+. The van der Waals surface area contributed by atoms with Gasteiger partial charge in [-0.25, -0.2) is 4.79 Å². The average molecular weight is 254 g/mol. The number of nitrogens with zero attached hydrogens (tertiary/aromatic N) is 2. The highest BCUT2D eigenvalue weighted by molar-refractivity contribution is 5.97. The number of ether oxygens (including phenoxy) is 1. The maximum atomic E-state index is 11.6. The van der Waals surface area contributed by atoms with E-state index in [4.69, 9.17) is 15.3 Å². The Morgan fingerprint density at radius 1 is 1.32 bits per heavy atom. The van der Waals surface area contributed by atoms with Crippen molar-refractivity contribution in [3.05, 3.63) is 41.0 Å². The molecule has 0 saturated carbocycles. The predicted molar refractivity (Wildman–Crippen MR) is 70.6 cm³/mol. The first-order valence-electron chi connectivity index (χ1n) is 6.00. The van der Waals surface area contributed by atoms with Crippen LogP contribution < -0.4 is 0 Å². The Labute approximate surface area is 112 Å². The van der Waals surface area contributed by atoms with Gasteiger partial charge < -0.3 is 4.74 Å². The molecule has 0 N–H and O–H groups in total. The van der Waals surface area contributed by atoms with E-state index in [1.54, 1.807) is 24.3 Å². The summed E-state index contributed by atoms with van der Waals surface area (Å²) >= 11 is 0. The van der Waals surface area contributed by atoms with Crippen LogP contribution in [0.2, 0.25) is 0 Å². The highest BCUT2D eigenvalue weighted by Crippen LogP contribution is 2.09. The van der Waals surface area contributed by atoms with Gasteiger partial charge in [0.25, 0.3) is 0 Å². The number of esters is 1. The van der Waals surface area contributed by atoms with Crippen molar-refractivity contribution >= 4 is 12.0 Å². The summed E-state index contributed by atoms with van der Waals surface area (Å²) in [5.41, 5.74) is 1.17. The van der Waals surface area contributed by atoms with E-state index in [1.165, 1.54) is 6.08 Å². The Kier molecular flexibility index (Phi) is 5.85. The number of unbranched alkanes of at least 4 members (excludes halogenated alkanes) is 1. The molecule has 1 rings (SSSR count). The van der Waals surface area contributed by atoms with E-state index in [2.05, 4.69) is 0 Å². The first kappa shape index (κ1) is 14.5. The number of nitriles is 2. The molecule has 0 aliphatic rings. The van der Waals surface area contributed by atoms with Crippen molar-refractivity contribution in [2.24, 2.45) is 0 Å². The maximum Gasteiger partial charge on any atom is 0.348 e. The van der Waals surface area contributed by atoms with Gasteiger partial charge in [-0.05, 0) is 30.2 Å². The number of benzene rings is 1. The Morgan fingerprint density at radius 3 is 2.53 bits per heavy atom. The normalized spacial score (nSPS) is 10.4. The van der Waals surface area contributed by atoms with Crippen LogP contribution in [0, 0.1) is 22.7 Å². The summed E-state index contributed by atoms with van der Waals surface area (Å²) in [4.78, 5) is 11.6. The second-order valence-corrected chi connectivity index (χ2v) is 3.89. The fourth-order valence-electron chi connectivity index (χ4n) is 1.34. The van der Waals surface area contributed by atoms with E-state index in [-0.39, 0.29) is 5.57 Å². The highest BCUT2D eigenvalue weighted by Gasteiger charge is 2.10. The second-order valence-electron chi connectivity index (χ2n) is 3.89. The molecule has 0 radical (unpaired) electrons. The summed E-state index contributed by atoms with van der Waals surface area (Å²) < 4.78 is 4.97. The van der Waals surface area contributed by atoms with Crippen LogP contribution in [-0.2, 0) is 9.53 Å². The van der Waals surface area contributed by atoms with E-state index < -0.39 is 5.97 Å². The Bertz CT molecular complexity index is 545. The van der Waals surface area contributed by atoms with E-state index in [0.29, 0.717) is 17.7 Å². The van der Waals surface area contributed by atoms with Gasteiger partial charge in [0.05, 0.1) is 18.2 Å². The van der Waals surface area contributed by atoms with Gasteiger partial charge in [-0.2, -0.15) is 10.5 Å². The molecule has 0 fully saturated rings. The fourth-order valence-corrected chi connectivity index (χ4v) is 1.34. The minimum absolute atomic E-state index is 0.0409. The lowest BCUT2D eigenvalue weighted by Gasteiger charge is -2.02. The van der Waals surface area contributed by atoms with Gasteiger partial charge in [0.2, 0.25) is 0 Å². The van der Waals surface area contributed by atoms with Crippen LogP contribution in [-0.4, -0.2) is 12.6 Å². The molecule has 0 spiro atoms. The molecular weight excluding hydrogens is 240 g/mol. The second kappa shape index (κ2) is 7.68. The van der Waals surface area contributed by atoms with Gasteiger partial charge in [0.15, 0.2) is 0 Å². The van der Waals surface area contributed by atoms with E-state index in [0.717, 1.165) is 12.8 Å². The fraction of sp³-hybridized carbons (Fsp3) is 0.267. The van der Waals surface area contributed by atoms with Crippen LogP contribution in [0.5, 0.6) is 0 Å². The summed E-state index contributed by atoms with van der Waals surface area (Å²) in [5, 5.41) is 17.6. The van der Waals surface area contributed by atoms with Crippen molar-refractivity contribution in [1.82, 2.24) is 0 Å². The molecule has 0 bridgehead atoms. The molecule has 0 aliphatic heterocycles. The SMILES string of the molecule is CCCCOC(=O)/C(C#N)=C/c1ccc(C#N)cc1. The summed E-state index contributed by atoms with van der Waals surface area (Å²) in [7, 11) is 0. The molecular formula is C15H14N2O2. The quantitative estimate of drug-likeness (QED) is 0.350. The average Bonchev–Trinajstić information content (AvgIpc) is 2.45. The molecule has 1 aromatic rings. The topological polar surface area (TPSA) is 73.9 Å². The molecule has 4 nitrogen and oxygen atoms in total. The summed E-state index contributed by atoms with van der Waals surface area (Å²) in [6.45, 7) is 2.31. The lowest BCUT2D eigenvalue weighted by atomic mass is 10.1. The van der Waals surface area contributed by atoms with Crippen LogP contribution in [0.15, 0.2) is 29.8 Å². The van der Waals surface area contributed by atoms with Crippen molar-refractivity contribution in [3.63, 3.8) is 0 Å². The third-order valence-corrected chi connectivity index (χ3v) is 2.42. The smallest absolute Gasteiger partial charge is 0.348 e. The molecule has 0 saturated heterocycles. The van der Waals surface area contributed by atoms with E-state index >= 15 is 0 Å². The zero-order chi connectivity index (χ0) is 14.1. The van der Waals surface area contributed by atoms with Crippen LogP contribution in [0.3, 0.4) is 0 Å². The van der Waals surface area contributed by atoms with Gasteiger partial charge in [0.1, 0.15) is 11.6 Å². The zero-order valence-corrected chi connectivity index (χ0v) is 10.7. The third-order valence-electron chi connectivity index (χ3n) is 2.42. The molecule has 0 atom stereocenters. The van der Waals surface area contributed by atoms with Gasteiger partial charge in [-0.3, -0.25) is 0 Å². The maximum absolute atomic E-state index is 11.6. The minimum atomic E-state index is -0.611.